The summed E-state index contributed by atoms with van der Waals surface area (Å²) in [7, 11) is 0. The van der Waals surface area contributed by atoms with Crippen LogP contribution >= 0.6 is 11.3 Å². The number of carbonyl (C=O) groups is 2. The minimum absolute atomic E-state index is 0.0206. The molecule has 2 aliphatic rings. The molecule has 2 saturated heterocycles. The zero-order valence-corrected chi connectivity index (χ0v) is 15.4. The van der Waals surface area contributed by atoms with Crippen LogP contribution in [-0.4, -0.2) is 65.5 Å². The van der Waals surface area contributed by atoms with Crippen LogP contribution < -0.4 is 0 Å². The Bertz CT molecular complexity index is 609. The number of aromatic nitrogens is 1. The number of nitrogens with zero attached hydrogens (tertiary/aromatic N) is 3. The largest absolute Gasteiger partial charge is 0.368 e. The van der Waals surface area contributed by atoms with E-state index in [0.29, 0.717) is 37.7 Å². The second kappa shape index (κ2) is 6.80. The highest BCUT2D eigenvalue weighted by Gasteiger charge is 2.32. The number of hydrogen-bond donors (Lipinski definition) is 0. The molecule has 3 rings (SSSR count). The number of amides is 2. The van der Waals surface area contributed by atoms with E-state index in [2.05, 4.69) is 25.8 Å². The molecule has 0 spiro atoms. The summed E-state index contributed by atoms with van der Waals surface area (Å²) in [5.74, 6) is 0.0969. The van der Waals surface area contributed by atoms with Crippen molar-refractivity contribution in [1.29, 1.82) is 0 Å². The van der Waals surface area contributed by atoms with E-state index in [0.717, 1.165) is 17.8 Å². The van der Waals surface area contributed by atoms with Gasteiger partial charge in [0.2, 0.25) is 0 Å². The first-order valence-corrected chi connectivity index (χ1v) is 9.34. The molecular weight excluding hydrogens is 326 g/mol. The standard InChI is InChI=1S/C17H25N3O3S/c1-17(2,3)16-18-11-13(24-16)15(22)20-8-6-19(7-9-20)14(21)12-5-4-10-23-12/h11-12H,4-10H2,1-3H3. The Morgan fingerprint density at radius 3 is 2.42 bits per heavy atom. The fourth-order valence-corrected chi connectivity index (χ4v) is 3.92. The van der Waals surface area contributed by atoms with Crippen LogP contribution in [0.2, 0.25) is 0 Å². The third-order valence-corrected chi connectivity index (χ3v) is 5.85. The smallest absolute Gasteiger partial charge is 0.265 e. The van der Waals surface area contributed by atoms with Crippen molar-refractivity contribution in [3.63, 3.8) is 0 Å². The molecule has 7 heteroatoms. The minimum Gasteiger partial charge on any atom is -0.368 e. The molecule has 2 fully saturated rings. The van der Waals surface area contributed by atoms with Crippen molar-refractivity contribution in [2.24, 2.45) is 0 Å². The van der Waals surface area contributed by atoms with E-state index in [4.69, 9.17) is 4.74 Å². The van der Waals surface area contributed by atoms with Gasteiger partial charge in [0.1, 0.15) is 11.0 Å². The normalized spacial score (nSPS) is 22.0. The van der Waals surface area contributed by atoms with Gasteiger partial charge in [0.25, 0.3) is 11.8 Å². The SMILES string of the molecule is CC(C)(C)c1ncc(C(=O)N2CCN(C(=O)C3CCCO3)CC2)s1. The van der Waals surface area contributed by atoms with Gasteiger partial charge in [-0.2, -0.15) is 0 Å². The van der Waals surface area contributed by atoms with Crippen molar-refractivity contribution >= 4 is 23.2 Å². The Labute approximate surface area is 146 Å². The third-order valence-electron chi connectivity index (χ3n) is 4.44. The van der Waals surface area contributed by atoms with E-state index in [1.165, 1.54) is 11.3 Å². The van der Waals surface area contributed by atoms with E-state index in [9.17, 15) is 9.59 Å². The fraction of sp³-hybridized carbons (Fsp3) is 0.706. The average molecular weight is 351 g/mol. The highest BCUT2D eigenvalue weighted by Crippen LogP contribution is 2.27. The monoisotopic (exact) mass is 351 g/mol. The van der Waals surface area contributed by atoms with Crippen LogP contribution in [0.15, 0.2) is 6.20 Å². The molecule has 1 atom stereocenters. The zero-order valence-electron chi connectivity index (χ0n) is 14.6. The lowest BCUT2D eigenvalue weighted by atomic mass is 9.98. The van der Waals surface area contributed by atoms with E-state index < -0.39 is 0 Å². The summed E-state index contributed by atoms with van der Waals surface area (Å²) in [6.07, 6.45) is 3.17. The van der Waals surface area contributed by atoms with Crippen molar-refractivity contribution < 1.29 is 14.3 Å². The number of carbonyl (C=O) groups excluding carboxylic acids is 2. The van der Waals surface area contributed by atoms with Gasteiger partial charge in [0.15, 0.2) is 0 Å². The van der Waals surface area contributed by atoms with Crippen molar-refractivity contribution in [2.45, 2.75) is 45.1 Å². The van der Waals surface area contributed by atoms with Gasteiger partial charge in [0, 0.05) is 38.2 Å². The molecule has 0 bridgehead atoms. The van der Waals surface area contributed by atoms with Crippen LogP contribution in [0, 0.1) is 0 Å². The first-order chi connectivity index (χ1) is 11.4. The summed E-state index contributed by atoms with van der Waals surface area (Å²) in [6.45, 7) is 9.25. The highest BCUT2D eigenvalue weighted by atomic mass is 32.1. The lowest BCUT2D eigenvalue weighted by molar-refractivity contribution is -0.142. The minimum atomic E-state index is -0.275. The molecule has 1 aromatic rings. The molecule has 132 valence electrons. The Kier molecular flexibility index (Phi) is 4.92. The summed E-state index contributed by atoms with van der Waals surface area (Å²) in [6, 6.07) is 0. The molecule has 1 unspecified atom stereocenters. The Morgan fingerprint density at radius 1 is 1.21 bits per heavy atom. The number of hydrogen-bond acceptors (Lipinski definition) is 5. The molecule has 2 amide bonds. The third kappa shape index (κ3) is 3.62. The predicted octanol–water partition coefficient (Wildman–Crippen LogP) is 1.90. The molecule has 0 aromatic carbocycles. The predicted molar refractivity (Wildman–Crippen MR) is 92.3 cm³/mol. The maximum Gasteiger partial charge on any atom is 0.265 e. The molecule has 1 aromatic heterocycles. The Hall–Kier alpha value is -1.47. The molecule has 0 radical (unpaired) electrons. The van der Waals surface area contributed by atoms with Gasteiger partial charge in [0.05, 0.1) is 11.2 Å². The number of piperazine rings is 1. The maximum atomic E-state index is 12.6. The Balaban J connectivity index is 1.57. The molecule has 0 N–H and O–H groups in total. The summed E-state index contributed by atoms with van der Waals surface area (Å²) in [5, 5.41) is 0.970. The quantitative estimate of drug-likeness (QED) is 0.816. The van der Waals surface area contributed by atoms with E-state index >= 15 is 0 Å². The van der Waals surface area contributed by atoms with Gasteiger partial charge >= 0.3 is 0 Å². The van der Waals surface area contributed by atoms with Crippen LogP contribution in [-0.2, 0) is 14.9 Å². The molecule has 24 heavy (non-hydrogen) atoms. The van der Waals surface area contributed by atoms with Crippen molar-refractivity contribution in [3.8, 4) is 0 Å². The number of thiazole rings is 1. The lowest BCUT2D eigenvalue weighted by Gasteiger charge is -2.35. The molecule has 3 heterocycles. The molecule has 2 aliphatic heterocycles. The fourth-order valence-electron chi connectivity index (χ4n) is 2.98. The highest BCUT2D eigenvalue weighted by molar-refractivity contribution is 7.13. The molecule has 0 aliphatic carbocycles. The van der Waals surface area contributed by atoms with E-state index in [-0.39, 0.29) is 23.3 Å². The lowest BCUT2D eigenvalue weighted by Crippen LogP contribution is -2.52. The molecular formula is C17H25N3O3S. The molecule has 0 saturated carbocycles. The second-order valence-corrected chi connectivity index (χ2v) is 8.43. The topological polar surface area (TPSA) is 62.7 Å². The summed E-state index contributed by atoms with van der Waals surface area (Å²) < 4.78 is 5.47. The van der Waals surface area contributed by atoms with Crippen molar-refractivity contribution in [1.82, 2.24) is 14.8 Å². The van der Waals surface area contributed by atoms with Crippen LogP contribution in [0.4, 0.5) is 0 Å². The second-order valence-electron chi connectivity index (χ2n) is 7.40. The van der Waals surface area contributed by atoms with Gasteiger partial charge in [-0.25, -0.2) is 4.98 Å². The number of rotatable bonds is 2. The summed E-state index contributed by atoms with van der Waals surface area (Å²) in [5.41, 5.74) is -0.0460. The van der Waals surface area contributed by atoms with E-state index in [1.54, 1.807) is 6.20 Å². The molecule has 6 nitrogen and oxygen atoms in total. The van der Waals surface area contributed by atoms with Gasteiger partial charge in [-0.05, 0) is 12.8 Å². The van der Waals surface area contributed by atoms with Crippen LogP contribution in [0.25, 0.3) is 0 Å². The first-order valence-electron chi connectivity index (χ1n) is 8.52. The van der Waals surface area contributed by atoms with Crippen molar-refractivity contribution in [3.05, 3.63) is 16.1 Å². The summed E-state index contributed by atoms with van der Waals surface area (Å²) in [4.78, 5) is 33.7. The van der Waals surface area contributed by atoms with Gasteiger partial charge in [-0.3, -0.25) is 9.59 Å². The van der Waals surface area contributed by atoms with Crippen LogP contribution in [0.1, 0.15) is 48.3 Å². The Morgan fingerprint density at radius 2 is 1.88 bits per heavy atom. The average Bonchev–Trinajstić information content (AvgIpc) is 3.24. The van der Waals surface area contributed by atoms with Crippen LogP contribution in [0.3, 0.4) is 0 Å². The van der Waals surface area contributed by atoms with E-state index in [1.807, 2.05) is 9.80 Å². The maximum absolute atomic E-state index is 12.6. The van der Waals surface area contributed by atoms with Crippen molar-refractivity contribution in [2.75, 3.05) is 32.8 Å². The van der Waals surface area contributed by atoms with Gasteiger partial charge in [-0.1, -0.05) is 20.8 Å². The zero-order chi connectivity index (χ0) is 17.3. The van der Waals surface area contributed by atoms with Gasteiger partial charge in [-0.15, -0.1) is 11.3 Å². The first kappa shape index (κ1) is 17.4. The summed E-state index contributed by atoms with van der Waals surface area (Å²) >= 11 is 1.47. The number of ether oxygens (including phenoxy) is 1. The van der Waals surface area contributed by atoms with Gasteiger partial charge < -0.3 is 14.5 Å². The van der Waals surface area contributed by atoms with Crippen LogP contribution in [0.5, 0.6) is 0 Å².